The van der Waals surface area contributed by atoms with Crippen molar-refractivity contribution in [3.8, 4) is 0 Å². The quantitative estimate of drug-likeness (QED) is 0.865. The first-order valence-electron chi connectivity index (χ1n) is 7.57. The Labute approximate surface area is 127 Å². The summed E-state index contributed by atoms with van der Waals surface area (Å²) in [6.07, 6.45) is 2.88. The van der Waals surface area contributed by atoms with E-state index in [4.69, 9.17) is 0 Å². The molecular formula is C17H24N4. The van der Waals surface area contributed by atoms with E-state index >= 15 is 0 Å². The molecule has 1 heterocycles. The highest BCUT2D eigenvalue weighted by Gasteiger charge is 2.11. The zero-order valence-electron chi connectivity index (χ0n) is 13.3. The maximum atomic E-state index is 4.64. The Kier molecular flexibility index (Phi) is 5.14. The van der Waals surface area contributed by atoms with Crippen LogP contribution in [0, 0.1) is 6.92 Å². The maximum absolute atomic E-state index is 4.64. The minimum atomic E-state index is 0.404. The molecule has 0 aliphatic carbocycles. The van der Waals surface area contributed by atoms with Crippen LogP contribution in [0.2, 0.25) is 0 Å². The third kappa shape index (κ3) is 3.94. The third-order valence-electron chi connectivity index (χ3n) is 3.52. The van der Waals surface area contributed by atoms with Crippen LogP contribution in [0.1, 0.15) is 32.8 Å². The van der Waals surface area contributed by atoms with Crippen LogP contribution >= 0.6 is 0 Å². The minimum Gasteiger partial charge on any atom is -0.367 e. The molecule has 0 amide bonds. The predicted octanol–water partition coefficient (Wildman–Crippen LogP) is 4.15. The van der Waals surface area contributed by atoms with Gasteiger partial charge in [-0.2, -0.15) is 4.98 Å². The fourth-order valence-corrected chi connectivity index (χ4v) is 2.15. The normalized spacial score (nSPS) is 12.0. The van der Waals surface area contributed by atoms with Crippen molar-refractivity contribution >= 4 is 17.5 Å². The summed E-state index contributed by atoms with van der Waals surface area (Å²) in [6, 6.07) is 10.7. The van der Waals surface area contributed by atoms with Gasteiger partial charge in [-0.05, 0) is 51.0 Å². The van der Waals surface area contributed by atoms with Crippen molar-refractivity contribution in [2.24, 2.45) is 0 Å². The van der Waals surface area contributed by atoms with Crippen molar-refractivity contribution in [1.29, 1.82) is 0 Å². The molecule has 0 saturated carbocycles. The largest absolute Gasteiger partial charge is 0.367 e. The van der Waals surface area contributed by atoms with E-state index < -0.39 is 0 Å². The Morgan fingerprint density at radius 1 is 1.24 bits per heavy atom. The molecule has 0 radical (unpaired) electrons. The molecule has 4 nitrogen and oxygen atoms in total. The smallest absolute Gasteiger partial charge is 0.231 e. The van der Waals surface area contributed by atoms with Gasteiger partial charge in [0, 0.05) is 24.5 Å². The van der Waals surface area contributed by atoms with Crippen LogP contribution in [0.5, 0.6) is 0 Å². The molecule has 0 aliphatic heterocycles. The predicted molar refractivity (Wildman–Crippen MR) is 89.3 cm³/mol. The summed E-state index contributed by atoms with van der Waals surface area (Å²) in [5.74, 6) is 1.61. The lowest BCUT2D eigenvalue weighted by Crippen LogP contribution is -2.20. The van der Waals surface area contributed by atoms with Gasteiger partial charge in [-0.1, -0.05) is 19.1 Å². The topological polar surface area (TPSA) is 41.1 Å². The van der Waals surface area contributed by atoms with Gasteiger partial charge >= 0.3 is 0 Å². The zero-order chi connectivity index (χ0) is 15.2. The van der Waals surface area contributed by atoms with Crippen molar-refractivity contribution in [2.75, 3.05) is 16.8 Å². The molecule has 0 saturated heterocycles. The Hall–Kier alpha value is -2.10. The lowest BCUT2D eigenvalue weighted by atomic mass is 10.2. The summed E-state index contributed by atoms with van der Waals surface area (Å²) in [5.41, 5.74) is 2.36. The number of benzene rings is 1. The molecule has 21 heavy (non-hydrogen) atoms. The minimum absolute atomic E-state index is 0.404. The number of aryl methyl sites for hydroxylation is 1. The van der Waals surface area contributed by atoms with E-state index in [1.54, 1.807) is 0 Å². The molecular weight excluding hydrogens is 260 g/mol. The van der Waals surface area contributed by atoms with Gasteiger partial charge in [0.15, 0.2) is 0 Å². The van der Waals surface area contributed by atoms with E-state index in [0.29, 0.717) is 6.04 Å². The zero-order valence-corrected chi connectivity index (χ0v) is 13.3. The van der Waals surface area contributed by atoms with Gasteiger partial charge < -0.3 is 10.2 Å². The SMILES string of the molecule is CCC(C)Nc1ccnc(N(CC)c2cccc(C)c2)n1. The maximum Gasteiger partial charge on any atom is 0.231 e. The van der Waals surface area contributed by atoms with Gasteiger partial charge in [0.1, 0.15) is 5.82 Å². The number of nitrogens with one attached hydrogen (secondary N) is 1. The summed E-state index contributed by atoms with van der Waals surface area (Å²) in [7, 11) is 0. The van der Waals surface area contributed by atoms with Gasteiger partial charge in [-0.15, -0.1) is 0 Å². The molecule has 0 fully saturated rings. The Morgan fingerprint density at radius 2 is 2.05 bits per heavy atom. The van der Waals surface area contributed by atoms with Crippen molar-refractivity contribution in [2.45, 2.75) is 40.2 Å². The molecule has 0 bridgehead atoms. The highest BCUT2D eigenvalue weighted by molar-refractivity contribution is 5.59. The highest BCUT2D eigenvalue weighted by Crippen LogP contribution is 2.23. The van der Waals surface area contributed by atoms with E-state index in [1.165, 1.54) is 5.56 Å². The van der Waals surface area contributed by atoms with Crippen molar-refractivity contribution in [3.05, 3.63) is 42.1 Å². The molecule has 1 N–H and O–H groups in total. The summed E-state index contributed by atoms with van der Waals surface area (Å²) >= 11 is 0. The standard InChI is InChI=1S/C17H24N4/c1-5-14(4)19-16-10-11-18-17(20-16)21(6-2)15-9-7-8-13(3)12-15/h7-12,14H,5-6H2,1-4H3,(H,18,19,20). The molecule has 1 aromatic heterocycles. The van der Waals surface area contributed by atoms with Crippen molar-refractivity contribution in [1.82, 2.24) is 9.97 Å². The average molecular weight is 284 g/mol. The van der Waals surface area contributed by atoms with Crippen LogP contribution in [0.15, 0.2) is 36.5 Å². The first kappa shape index (κ1) is 15.3. The lowest BCUT2D eigenvalue weighted by Gasteiger charge is -2.22. The molecule has 0 aliphatic rings. The average Bonchev–Trinajstić information content (AvgIpc) is 2.48. The van der Waals surface area contributed by atoms with Crippen LogP contribution in [0.25, 0.3) is 0 Å². The van der Waals surface area contributed by atoms with Crippen LogP contribution in [-0.2, 0) is 0 Å². The van der Waals surface area contributed by atoms with Gasteiger partial charge in [-0.25, -0.2) is 4.98 Å². The highest BCUT2D eigenvalue weighted by atomic mass is 15.3. The molecule has 112 valence electrons. The fourth-order valence-electron chi connectivity index (χ4n) is 2.15. The second-order valence-corrected chi connectivity index (χ2v) is 5.28. The number of anilines is 3. The number of aromatic nitrogens is 2. The summed E-state index contributed by atoms with van der Waals surface area (Å²) in [6.45, 7) is 9.35. The molecule has 1 aromatic carbocycles. The van der Waals surface area contributed by atoms with E-state index in [9.17, 15) is 0 Å². The number of hydrogen-bond donors (Lipinski definition) is 1. The Bertz CT molecular complexity index is 583. The van der Waals surface area contributed by atoms with Crippen molar-refractivity contribution < 1.29 is 0 Å². The summed E-state index contributed by atoms with van der Waals surface area (Å²) < 4.78 is 0. The molecule has 1 atom stereocenters. The lowest BCUT2D eigenvalue weighted by molar-refractivity contribution is 0.757. The number of rotatable bonds is 6. The molecule has 2 aromatic rings. The molecule has 0 spiro atoms. The first-order valence-corrected chi connectivity index (χ1v) is 7.57. The Morgan fingerprint density at radius 3 is 2.71 bits per heavy atom. The number of hydrogen-bond acceptors (Lipinski definition) is 4. The van der Waals surface area contributed by atoms with Gasteiger partial charge in [0.05, 0.1) is 0 Å². The third-order valence-corrected chi connectivity index (χ3v) is 3.52. The summed E-state index contributed by atoms with van der Waals surface area (Å²) in [4.78, 5) is 11.2. The second-order valence-electron chi connectivity index (χ2n) is 5.28. The molecule has 1 unspecified atom stereocenters. The second kappa shape index (κ2) is 7.07. The van der Waals surface area contributed by atoms with E-state index in [-0.39, 0.29) is 0 Å². The molecule has 2 rings (SSSR count). The van der Waals surface area contributed by atoms with E-state index in [2.05, 4.69) is 72.1 Å². The van der Waals surface area contributed by atoms with E-state index in [0.717, 1.165) is 30.4 Å². The van der Waals surface area contributed by atoms with Crippen LogP contribution in [0.3, 0.4) is 0 Å². The monoisotopic (exact) mass is 284 g/mol. The van der Waals surface area contributed by atoms with Crippen LogP contribution in [-0.4, -0.2) is 22.6 Å². The van der Waals surface area contributed by atoms with E-state index in [1.807, 2.05) is 12.3 Å². The van der Waals surface area contributed by atoms with Gasteiger partial charge in [-0.3, -0.25) is 0 Å². The first-order chi connectivity index (χ1) is 10.1. The summed E-state index contributed by atoms with van der Waals surface area (Å²) in [5, 5.41) is 3.40. The van der Waals surface area contributed by atoms with Gasteiger partial charge in [0.25, 0.3) is 0 Å². The Balaban J connectivity index is 2.28. The van der Waals surface area contributed by atoms with Gasteiger partial charge in [0.2, 0.25) is 5.95 Å². The fraction of sp³-hybridized carbons (Fsp3) is 0.412. The van der Waals surface area contributed by atoms with Crippen LogP contribution < -0.4 is 10.2 Å². The molecule has 4 heteroatoms. The van der Waals surface area contributed by atoms with Crippen LogP contribution in [0.4, 0.5) is 17.5 Å². The number of nitrogens with zero attached hydrogens (tertiary/aromatic N) is 3. The van der Waals surface area contributed by atoms with Crippen molar-refractivity contribution in [3.63, 3.8) is 0 Å².